The van der Waals surface area contributed by atoms with Crippen molar-refractivity contribution in [2.45, 2.75) is 11.7 Å². The van der Waals surface area contributed by atoms with E-state index in [4.69, 9.17) is 4.42 Å². The van der Waals surface area contributed by atoms with E-state index >= 15 is 0 Å². The molecule has 4 rings (SSSR count). The zero-order valence-corrected chi connectivity index (χ0v) is 19.1. The van der Waals surface area contributed by atoms with Gasteiger partial charge >= 0.3 is 0 Å². The van der Waals surface area contributed by atoms with Crippen LogP contribution in [-0.2, 0) is 11.3 Å². The zero-order valence-electron chi connectivity index (χ0n) is 18.3. The van der Waals surface area contributed by atoms with Gasteiger partial charge in [-0.1, -0.05) is 42.1 Å². The lowest BCUT2D eigenvalue weighted by Gasteiger charge is -2.11. The van der Waals surface area contributed by atoms with Crippen LogP contribution in [0.5, 0.6) is 0 Å². The fraction of sp³-hybridized carbons (Fsp3) is 0.167. The molecule has 1 N–H and O–H groups in total. The third-order valence-corrected chi connectivity index (χ3v) is 5.76. The van der Waals surface area contributed by atoms with E-state index in [-0.39, 0.29) is 17.6 Å². The number of hydrogen-bond acceptors (Lipinski definition) is 6. The van der Waals surface area contributed by atoms with E-state index in [1.54, 1.807) is 50.7 Å². The van der Waals surface area contributed by atoms with Crippen LogP contribution in [0.3, 0.4) is 0 Å². The van der Waals surface area contributed by atoms with E-state index in [9.17, 15) is 9.59 Å². The summed E-state index contributed by atoms with van der Waals surface area (Å²) < 4.78 is 7.46. The molecule has 0 aliphatic heterocycles. The average Bonchev–Trinajstić information content (AvgIpc) is 3.48. The van der Waals surface area contributed by atoms with E-state index in [0.717, 1.165) is 5.56 Å². The molecule has 0 bridgehead atoms. The van der Waals surface area contributed by atoms with Crippen molar-refractivity contribution >= 4 is 29.3 Å². The molecule has 0 aliphatic rings. The minimum absolute atomic E-state index is 0.0893. The second kappa shape index (κ2) is 10.2. The van der Waals surface area contributed by atoms with Crippen molar-refractivity contribution < 1.29 is 14.0 Å². The van der Waals surface area contributed by atoms with Gasteiger partial charge in [-0.05, 0) is 42.0 Å². The topological polar surface area (TPSA) is 93.3 Å². The predicted molar refractivity (Wildman–Crippen MR) is 127 cm³/mol. The van der Waals surface area contributed by atoms with Crippen LogP contribution in [-0.4, -0.2) is 51.3 Å². The van der Waals surface area contributed by atoms with E-state index in [1.165, 1.54) is 16.7 Å². The molecule has 0 saturated heterocycles. The van der Waals surface area contributed by atoms with Crippen LogP contribution in [0.15, 0.2) is 82.6 Å². The normalized spacial score (nSPS) is 10.7. The van der Waals surface area contributed by atoms with E-state index in [0.29, 0.717) is 34.5 Å². The van der Waals surface area contributed by atoms with Gasteiger partial charge in [-0.25, -0.2) is 0 Å². The highest BCUT2D eigenvalue weighted by molar-refractivity contribution is 7.99. The largest absolute Gasteiger partial charge is 0.461 e. The van der Waals surface area contributed by atoms with Gasteiger partial charge in [0.2, 0.25) is 11.7 Å². The van der Waals surface area contributed by atoms with Crippen LogP contribution in [0.1, 0.15) is 15.9 Å². The van der Waals surface area contributed by atoms with E-state index < -0.39 is 0 Å². The molecule has 33 heavy (non-hydrogen) atoms. The third-order valence-electron chi connectivity index (χ3n) is 4.80. The molecule has 0 unspecified atom stereocenters. The maximum absolute atomic E-state index is 12.5. The standard InChI is InChI=1S/C24H23N5O3S/c1-28(2)23(31)18-10-12-19(13-11-18)25-21(30)16-33-24-27-26-22(20-9-6-14-32-20)29(24)15-17-7-4-3-5-8-17/h3-14H,15-16H2,1-2H3,(H,25,30). The lowest BCUT2D eigenvalue weighted by Crippen LogP contribution is -2.21. The van der Waals surface area contributed by atoms with Crippen molar-refractivity contribution in [1.82, 2.24) is 19.7 Å². The van der Waals surface area contributed by atoms with Crippen LogP contribution in [0.2, 0.25) is 0 Å². The second-order valence-electron chi connectivity index (χ2n) is 7.47. The quantitative estimate of drug-likeness (QED) is 0.399. The number of hydrogen-bond donors (Lipinski definition) is 1. The summed E-state index contributed by atoms with van der Waals surface area (Å²) >= 11 is 1.30. The number of benzene rings is 2. The molecule has 0 saturated carbocycles. The SMILES string of the molecule is CN(C)C(=O)c1ccc(NC(=O)CSc2nnc(-c3ccco3)n2Cc2ccccc2)cc1. The number of furan rings is 1. The molecule has 2 heterocycles. The molecule has 9 heteroatoms. The zero-order chi connectivity index (χ0) is 23.2. The molecule has 0 atom stereocenters. The van der Waals surface area contributed by atoms with Gasteiger partial charge in [-0.15, -0.1) is 10.2 Å². The van der Waals surface area contributed by atoms with Crippen molar-refractivity contribution in [1.29, 1.82) is 0 Å². The predicted octanol–water partition coefficient (Wildman–Crippen LogP) is 4.02. The Morgan fingerprint density at radius 3 is 2.42 bits per heavy atom. The molecule has 0 fully saturated rings. The summed E-state index contributed by atoms with van der Waals surface area (Å²) in [4.78, 5) is 26.0. The van der Waals surface area contributed by atoms with Crippen LogP contribution in [0, 0.1) is 0 Å². The number of amides is 2. The summed E-state index contributed by atoms with van der Waals surface area (Å²) in [6.07, 6.45) is 1.59. The van der Waals surface area contributed by atoms with E-state index in [1.807, 2.05) is 41.0 Å². The molecule has 168 valence electrons. The number of carbonyl (C=O) groups is 2. The van der Waals surface area contributed by atoms with E-state index in [2.05, 4.69) is 15.5 Å². The molecule has 2 aromatic heterocycles. The Labute approximate surface area is 195 Å². The number of nitrogens with zero attached hydrogens (tertiary/aromatic N) is 4. The molecule has 0 radical (unpaired) electrons. The summed E-state index contributed by atoms with van der Waals surface area (Å²) in [5, 5.41) is 12.0. The van der Waals surface area contributed by atoms with Crippen LogP contribution >= 0.6 is 11.8 Å². The molecular weight excluding hydrogens is 438 g/mol. The Hall–Kier alpha value is -3.85. The van der Waals surface area contributed by atoms with Crippen molar-refractivity contribution in [3.05, 3.63) is 84.1 Å². The van der Waals surface area contributed by atoms with Gasteiger partial charge in [0, 0.05) is 25.3 Å². The highest BCUT2D eigenvalue weighted by Gasteiger charge is 2.18. The van der Waals surface area contributed by atoms with Gasteiger partial charge in [0.15, 0.2) is 10.9 Å². The fourth-order valence-corrected chi connectivity index (χ4v) is 3.91. The molecular formula is C24H23N5O3S. The molecule has 2 amide bonds. The van der Waals surface area contributed by atoms with Gasteiger partial charge in [0.1, 0.15) is 0 Å². The van der Waals surface area contributed by atoms with Gasteiger partial charge in [0.05, 0.1) is 18.6 Å². The molecule has 0 aliphatic carbocycles. The van der Waals surface area contributed by atoms with Crippen molar-refractivity contribution in [3.63, 3.8) is 0 Å². The fourth-order valence-electron chi connectivity index (χ4n) is 3.17. The van der Waals surface area contributed by atoms with Crippen LogP contribution in [0.25, 0.3) is 11.6 Å². The maximum Gasteiger partial charge on any atom is 0.253 e. The number of rotatable bonds is 8. The molecule has 4 aromatic rings. The van der Waals surface area contributed by atoms with Crippen LogP contribution in [0.4, 0.5) is 5.69 Å². The third kappa shape index (κ3) is 5.50. The van der Waals surface area contributed by atoms with Crippen LogP contribution < -0.4 is 5.32 Å². The van der Waals surface area contributed by atoms with Gasteiger partial charge < -0.3 is 14.6 Å². The Balaban J connectivity index is 1.44. The Bertz CT molecular complexity index is 1220. The first kappa shape index (κ1) is 22.3. The Kier molecular flexibility index (Phi) is 6.89. The molecule has 0 spiro atoms. The summed E-state index contributed by atoms with van der Waals surface area (Å²) in [7, 11) is 3.40. The number of nitrogens with one attached hydrogen (secondary N) is 1. The Morgan fingerprint density at radius 1 is 1.00 bits per heavy atom. The first-order valence-electron chi connectivity index (χ1n) is 10.3. The molecule has 2 aromatic carbocycles. The number of thioether (sulfide) groups is 1. The second-order valence-corrected chi connectivity index (χ2v) is 8.41. The number of anilines is 1. The smallest absolute Gasteiger partial charge is 0.253 e. The minimum Gasteiger partial charge on any atom is -0.461 e. The first-order valence-corrected chi connectivity index (χ1v) is 11.2. The van der Waals surface area contributed by atoms with Gasteiger partial charge in [-0.3, -0.25) is 14.2 Å². The highest BCUT2D eigenvalue weighted by atomic mass is 32.2. The first-order chi connectivity index (χ1) is 16.0. The van der Waals surface area contributed by atoms with Gasteiger partial charge in [-0.2, -0.15) is 0 Å². The monoisotopic (exact) mass is 461 g/mol. The molecule has 8 nitrogen and oxygen atoms in total. The summed E-state index contributed by atoms with van der Waals surface area (Å²) in [5.41, 5.74) is 2.27. The lowest BCUT2D eigenvalue weighted by molar-refractivity contribution is -0.113. The summed E-state index contributed by atoms with van der Waals surface area (Å²) in [5.74, 6) is 1.10. The minimum atomic E-state index is -0.180. The van der Waals surface area contributed by atoms with Gasteiger partial charge in [0.25, 0.3) is 5.91 Å². The van der Waals surface area contributed by atoms with Crippen molar-refractivity contribution in [3.8, 4) is 11.6 Å². The number of aromatic nitrogens is 3. The Morgan fingerprint density at radius 2 is 1.76 bits per heavy atom. The van der Waals surface area contributed by atoms with Crippen molar-refractivity contribution in [2.24, 2.45) is 0 Å². The lowest BCUT2D eigenvalue weighted by atomic mass is 10.2. The average molecular weight is 462 g/mol. The number of carbonyl (C=O) groups excluding carboxylic acids is 2. The maximum atomic E-state index is 12.5. The van der Waals surface area contributed by atoms with Crippen molar-refractivity contribution in [2.75, 3.05) is 25.2 Å². The summed E-state index contributed by atoms with van der Waals surface area (Å²) in [6.45, 7) is 0.551. The summed E-state index contributed by atoms with van der Waals surface area (Å²) in [6, 6.07) is 20.4. The highest BCUT2D eigenvalue weighted by Crippen LogP contribution is 2.25.